The van der Waals surface area contributed by atoms with Crippen molar-refractivity contribution in [1.29, 1.82) is 0 Å². The third-order valence-corrected chi connectivity index (χ3v) is 4.09. The van der Waals surface area contributed by atoms with Gasteiger partial charge < -0.3 is 0 Å². The van der Waals surface area contributed by atoms with Crippen LogP contribution in [0.4, 0.5) is 0 Å². The van der Waals surface area contributed by atoms with Crippen LogP contribution >= 0.6 is 0 Å². The van der Waals surface area contributed by atoms with Gasteiger partial charge in [0.2, 0.25) is 0 Å². The molecule has 1 aliphatic carbocycles. The highest BCUT2D eigenvalue weighted by Gasteiger charge is 2.18. The van der Waals surface area contributed by atoms with Crippen LogP contribution in [0.5, 0.6) is 0 Å². The largest absolute Gasteiger partial charge is 0.0876 e. The summed E-state index contributed by atoms with van der Waals surface area (Å²) in [6, 6.07) is 23.6. The Kier molecular flexibility index (Phi) is 6.21. The van der Waals surface area contributed by atoms with E-state index in [1.54, 1.807) is 0 Å². The first-order chi connectivity index (χ1) is 10.7. The van der Waals surface area contributed by atoms with E-state index < -0.39 is 0 Å². The summed E-state index contributed by atoms with van der Waals surface area (Å²) in [6.07, 6.45) is 5.83. The number of rotatable bonds is 1. The minimum absolute atomic E-state index is 0.530. The van der Waals surface area contributed by atoms with E-state index in [2.05, 4.69) is 99.7 Å². The highest BCUT2D eigenvalue weighted by atomic mass is 14.2. The van der Waals surface area contributed by atoms with Gasteiger partial charge in [-0.1, -0.05) is 96.9 Å². The summed E-state index contributed by atoms with van der Waals surface area (Å²) in [5.74, 6) is 1.22. The van der Waals surface area contributed by atoms with Crippen LogP contribution in [0.25, 0.3) is 0 Å². The van der Waals surface area contributed by atoms with Gasteiger partial charge in [-0.05, 0) is 31.7 Å². The maximum absolute atomic E-state index is 2.35. The van der Waals surface area contributed by atoms with Crippen LogP contribution < -0.4 is 0 Å². The van der Waals surface area contributed by atoms with E-state index in [4.69, 9.17) is 0 Å². The lowest BCUT2D eigenvalue weighted by atomic mass is 9.91. The molecule has 114 valence electrons. The summed E-state index contributed by atoms with van der Waals surface area (Å²) in [5.41, 5.74) is 3.89. The molecule has 1 aromatic rings. The summed E-state index contributed by atoms with van der Waals surface area (Å²) in [7, 11) is 0. The van der Waals surface area contributed by atoms with Gasteiger partial charge in [-0.15, -0.1) is 0 Å². The lowest BCUT2D eigenvalue weighted by Gasteiger charge is -2.13. The molecule has 0 heteroatoms. The second-order valence-corrected chi connectivity index (χ2v) is 6.12. The average molecular weight is 290 g/mol. The van der Waals surface area contributed by atoms with Gasteiger partial charge in [0, 0.05) is 5.92 Å². The standard InChI is InChI=1S/C22H26/c1-18-10-5-4-6-14-21(22-15-9-13-20(22)3)17-16-19(2)12-8-7-11-18/h4-12,14-17,20,22H,13H2,1-3H3. The quantitative estimate of drug-likeness (QED) is 0.538. The Hall–Kier alpha value is -2.08. The van der Waals surface area contributed by atoms with Crippen molar-refractivity contribution in [2.75, 3.05) is 0 Å². The Morgan fingerprint density at radius 2 is 1.32 bits per heavy atom. The van der Waals surface area contributed by atoms with Gasteiger partial charge in [0.15, 0.2) is 0 Å². The van der Waals surface area contributed by atoms with Crippen LogP contribution in [-0.4, -0.2) is 0 Å². The topological polar surface area (TPSA) is 0 Å². The number of hydrogen-bond acceptors (Lipinski definition) is 0. The number of hydrogen-bond donors (Lipinski definition) is 0. The van der Waals surface area contributed by atoms with Crippen LogP contribution in [0.15, 0.2) is 78.9 Å². The monoisotopic (exact) mass is 290 g/mol. The molecule has 2 unspecified atom stereocenters. The van der Waals surface area contributed by atoms with Crippen molar-refractivity contribution in [3.63, 3.8) is 0 Å². The van der Waals surface area contributed by atoms with Gasteiger partial charge >= 0.3 is 0 Å². The molecule has 0 radical (unpaired) electrons. The molecule has 0 heterocycles. The second kappa shape index (κ2) is 8.38. The van der Waals surface area contributed by atoms with E-state index in [0.29, 0.717) is 11.8 Å². The zero-order valence-electron chi connectivity index (χ0n) is 13.9. The molecule has 0 spiro atoms. The lowest BCUT2D eigenvalue weighted by Crippen LogP contribution is -2.00. The molecule has 22 heavy (non-hydrogen) atoms. The predicted octanol–water partition coefficient (Wildman–Crippen LogP) is 6.23. The molecule has 0 aromatic heterocycles. The van der Waals surface area contributed by atoms with Crippen molar-refractivity contribution in [2.45, 2.75) is 33.1 Å². The maximum Gasteiger partial charge on any atom is 0.00465 e. The molecule has 0 aliphatic heterocycles. The van der Waals surface area contributed by atoms with Crippen LogP contribution in [0.1, 0.15) is 36.0 Å². The first kappa shape index (κ1) is 16.3. The SMILES string of the molecule is Cc1cccccc(C2C=CCC2C)ccc(C)cccc1. The second-order valence-electron chi connectivity index (χ2n) is 6.12. The van der Waals surface area contributed by atoms with Crippen molar-refractivity contribution in [1.82, 2.24) is 0 Å². The third-order valence-electron chi connectivity index (χ3n) is 4.09. The molecule has 0 nitrogen and oxygen atoms in total. The highest BCUT2D eigenvalue weighted by Crippen LogP contribution is 2.33. The Morgan fingerprint density at radius 3 is 1.95 bits per heavy atom. The van der Waals surface area contributed by atoms with Crippen LogP contribution in [0, 0.1) is 19.8 Å². The molecule has 0 fully saturated rings. The Morgan fingerprint density at radius 1 is 0.727 bits per heavy atom. The molecule has 0 N–H and O–H groups in total. The molecule has 0 saturated carbocycles. The first-order valence-corrected chi connectivity index (χ1v) is 8.08. The van der Waals surface area contributed by atoms with Crippen LogP contribution in [0.3, 0.4) is 0 Å². The highest BCUT2D eigenvalue weighted by molar-refractivity contribution is 5.26. The van der Waals surface area contributed by atoms with Crippen molar-refractivity contribution in [3.05, 3.63) is 95.6 Å². The Bertz CT molecular complexity index is 637. The first-order valence-electron chi connectivity index (χ1n) is 8.08. The van der Waals surface area contributed by atoms with Gasteiger partial charge in [0.05, 0.1) is 0 Å². The normalized spacial score (nSPS) is 19.2. The van der Waals surface area contributed by atoms with Crippen molar-refractivity contribution >= 4 is 0 Å². The fourth-order valence-corrected chi connectivity index (χ4v) is 2.69. The van der Waals surface area contributed by atoms with E-state index in [1.165, 1.54) is 23.1 Å². The van der Waals surface area contributed by atoms with E-state index >= 15 is 0 Å². The molecule has 1 aliphatic rings. The molecular formula is C22H26. The minimum Gasteiger partial charge on any atom is -0.0876 e. The van der Waals surface area contributed by atoms with Gasteiger partial charge in [-0.25, -0.2) is 0 Å². The predicted molar refractivity (Wildman–Crippen MR) is 96.8 cm³/mol. The van der Waals surface area contributed by atoms with Gasteiger partial charge in [0.25, 0.3) is 0 Å². The van der Waals surface area contributed by atoms with Crippen LogP contribution in [0.2, 0.25) is 0 Å². The Labute approximate surface area is 135 Å². The molecule has 0 amide bonds. The molecule has 0 saturated heterocycles. The lowest BCUT2D eigenvalue weighted by molar-refractivity contribution is 0.565. The van der Waals surface area contributed by atoms with Crippen molar-refractivity contribution in [2.24, 2.45) is 5.92 Å². The molecule has 2 atom stereocenters. The molecular weight excluding hydrogens is 264 g/mol. The molecule has 2 rings (SSSR count). The van der Waals surface area contributed by atoms with E-state index in [0.717, 1.165) is 0 Å². The third kappa shape index (κ3) is 5.04. The fourth-order valence-electron chi connectivity index (χ4n) is 2.69. The average Bonchev–Trinajstić information content (AvgIpc) is 2.92. The maximum atomic E-state index is 2.35. The summed E-state index contributed by atoms with van der Waals surface area (Å²) in [5, 5.41) is 0. The Balaban J connectivity index is 2.51. The summed E-state index contributed by atoms with van der Waals surface area (Å²) in [4.78, 5) is 0. The van der Waals surface area contributed by atoms with E-state index in [9.17, 15) is 0 Å². The fraction of sp³-hybridized carbons (Fsp3) is 0.273. The zero-order valence-corrected chi connectivity index (χ0v) is 13.9. The van der Waals surface area contributed by atoms with Crippen molar-refractivity contribution < 1.29 is 0 Å². The van der Waals surface area contributed by atoms with E-state index in [-0.39, 0.29) is 0 Å². The van der Waals surface area contributed by atoms with Crippen molar-refractivity contribution in [3.8, 4) is 0 Å². The zero-order chi connectivity index (χ0) is 15.8. The van der Waals surface area contributed by atoms with Gasteiger partial charge in [-0.2, -0.15) is 0 Å². The van der Waals surface area contributed by atoms with E-state index in [1.807, 2.05) is 0 Å². The van der Waals surface area contributed by atoms with Gasteiger partial charge in [-0.3, -0.25) is 0 Å². The molecule has 1 aromatic carbocycles. The summed E-state index contributed by atoms with van der Waals surface area (Å²) < 4.78 is 0. The van der Waals surface area contributed by atoms with Gasteiger partial charge in [0.1, 0.15) is 0 Å². The summed E-state index contributed by atoms with van der Waals surface area (Å²) >= 11 is 0. The summed E-state index contributed by atoms with van der Waals surface area (Å²) in [6.45, 7) is 6.59. The number of allylic oxidation sites excluding steroid dienone is 2. The number of aryl methyl sites for hydroxylation is 2. The smallest absolute Gasteiger partial charge is 0.00465 e. The van der Waals surface area contributed by atoms with Crippen LogP contribution in [-0.2, 0) is 0 Å². The minimum atomic E-state index is 0.530. The molecule has 0 bridgehead atoms.